The van der Waals surface area contributed by atoms with Gasteiger partial charge in [-0.3, -0.25) is 9.78 Å². The highest BCUT2D eigenvalue weighted by Gasteiger charge is 2.06. The SMILES string of the molecule is CCNC(=O)CCN(C)c1ccncc1N. The van der Waals surface area contributed by atoms with Crippen LogP contribution in [-0.2, 0) is 4.79 Å². The van der Waals surface area contributed by atoms with Crippen molar-refractivity contribution >= 4 is 17.3 Å². The van der Waals surface area contributed by atoms with Gasteiger partial charge in [0.1, 0.15) is 0 Å². The summed E-state index contributed by atoms with van der Waals surface area (Å²) in [6.07, 6.45) is 3.76. The topological polar surface area (TPSA) is 71.2 Å². The first kappa shape index (κ1) is 12.3. The van der Waals surface area contributed by atoms with Gasteiger partial charge in [-0.2, -0.15) is 0 Å². The van der Waals surface area contributed by atoms with Crippen molar-refractivity contribution in [1.29, 1.82) is 0 Å². The van der Waals surface area contributed by atoms with E-state index >= 15 is 0 Å². The molecule has 0 fully saturated rings. The quantitative estimate of drug-likeness (QED) is 0.766. The Kier molecular flexibility index (Phi) is 4.57. The minimum absolute atomic E-state index is 0.0574. The van der Waals surface area contributed by atoms with Crippen LogP contribution in [0.5, 0.6) is 0 Å². The van der Waals surface area contributed by atoms with Crippen LogP contribution in [0.1, 0.15) is 13.3 Å². The number of aromatic nitrogens is 1. The Morgan fingerprint density at radius 2 is 2.38 bits per heavy atom. The summed E-state index contributed by atoms with van der Waals surface area (Å²) >= 11 is 0. The monoisotopic (exact) mass is 222 g/mol. The van der Waals surface area contributed by atoms with E-state index in [2.05, 4.69) is 10.3 Å². The third-order valence-electron chi connectivity index (χ3n) is 2.29. The van der Waals surface area contributed by atoms with E-state index in [0.717, 1.165) is 5.69 Å². The van der Waals surface area contributed by atoms with E-state index in [9.17, 15) is 4.79 Å². The molecule has 0 radical (unpaired) electrons. The molecule has 1 rings (SSSR count). The number of carbonyl (C=O) groups excluding carboxylic acids is 1. The molecule has 16 heavy (non-hydrogen) atoms. The molecule has 1 aromatic rings. The second kappa shape index (κ2) is 5.95. The fourth-order valence-electron chi connectivity index (χ4n) is 1.42. The molecule has 0 saturated heterocycles. The number of nitrogens with one attached hydrogen (secondary N) is 1. The summed E-state index contributed by atoms with van der Waals surface area (Å²) in [6.45, 7) is 3.21. The fourth-order valence-corrected chi connectivity index (χ4v) is 1.42. The first-order valence-electron chi connectivity index (χ1n) is 5.32. The highest BCUT2D eigenvalue weighted by Crippen LogP contribution is 2.19. The second-order valence-corrected chi connectivity index (χ2v) is 3.56. The number of rotatable bonds is 5. The number of nitrogen functional groups attached to an aromatic ring is 1. The minimum atomic E-state index is 0.0574. The molecule has 1 heterocycles. The van der Waals surface area contributed by atoms with E-state index in [1.807, 2.05) is 24.9 Å². The number of nitrogens with zero attached hydrogens (tertiary/aromatic N) is 2. The zero-order valence-corrected chi connectivity index (χ0v) is 9.73. The Morgan fingerprint density at radius 3 is 3.00 bits per heavy atom. The molecule has 0 spiro atoms. The van der Waals surface area contributed by atoms with Crippen LogP contribution >= 0.6 is 0 Å². The summed E-state index contributed by atoms with van der Waals surface area (Å²) in [4.78, 5) is 17.2. The number of carbonyl (C=O) groups is 1. The van der Waals surface area contributed by atoms with Gasteiger partial charge in [0.2, 0.25) is 5.91 Å². The summed E-state index contributed by atoms with van der Waals surface area (Å²) in [5.74, 6) is 0.0574. The molecule has 0 unspecified atom stereocenters. The minimum Gasteiger partial charge on any atom is -0.396 e. The van der Waals surface area contributed by atoms with Crippen LogP contribution in [0.2, 0.25) is 0 Å². The maximum absolute atomic E-state index is 11.3. The molecule has 0 aliphatic heterocycles. The molecule has 0 atom stereocenters. The highest BCUT2D eigenvalue weighted by molar-refractivity contribution is 5.76. The van der Waals surface area contributed by atoms with E-state index in [-0.39, 0.29) is 5.91 Å². The van der Waals surface area contributed by atoms with Crippen LogP contribution in [0.25, 0.3) is 0 Å². The molecule has 0 saturated carbocycles. The standard InChI is InChI=1S/C11H18N4O/c1-3-14-11(16)5-7-15(2)10-4-6-13-8-9(10)12/h4,6,8H,3,5,7,12H2,1-2H3,(H,14,16). The van der Waals surface area contributed by atoms with Crippen molar-refractivity contribution in [3.8, 4) is 0 Å². The molecule has 5 heteroatoms. The summed E-state index contributed by atoms with van der Waals surface area (Å²) in [6, 6.07) is 1.84. The Bertz CT molecular complexity index is 354. The van der Waals surface area contributed by atoms with Gasteiger partial charge in [-0.15, -0.1) is 0 Å². The molecular formula is C11H18N4O. The summed E-state index contributed by atoms with van der Waals surface area (Å²) < 4.78 is 0. The highest BCUT2D eigenvalue weighted by atomic mass is 16.1. The van der Waals surface area contributed by atoms with Crippen molar-refractivity contribution in [3.05, 3.63) is 18.5 Å². The average molecular weight is 222 g/mol. The van der Waals surface area contributed by atoms with Gasteiger partial charge in [-0.1, -0.05) is 0 Å². The fraction of sp³-hybridized carbons (Fsp3) is 0.455. The van der Waals surface area contributed by atoms with Crippen molar-refractivity contribution in [2.24, 2.45) is 0 Å². The van der Waals surface area contributed by atoms with Gasteiger partial charge in [0.05, 0.1) is 17.6 Å². The molecule has 0 aromatic carbocycles. The summed E-state index contributed by atoms with van der Waals surface area (Å²) in [7, 11) is 1.91. The molecular weight excluding hydrogens is 204 g/mol. The maximum Gasteiger partial charge on any atom is 0.221 e. The average Bonchev–Trinajstić information content (AvgIpc) is 2.27. The van der Waals surface area contributed by atoms with Crippen LogP contribution in [0.4, 0.5) is 11.4 Å². The molecule has 3 N–H and O–H groups in total. The Morgan fingerprint density at radius 1 is 1.62 bits per heavy atom. The number of hydrogen-bond donors (Lipinski definition) is 2. The molecule has 5 nitrogen and oxygen atoms in total. The summed E-state index contributed by atoms with van der Waals surface area (Å²) in [5, 5.41) is 2.76. The van der Waals surface area contributed by atoms with Gasteiger partial charge in [-0.05, 0) is 13.0 Å². The Labute approximate surface area is 95.7 Å². The van der Waals surface area contributed by atoms with Gasteiger partial charge in [0.25, 0.3) is 0 Å². The summed E-state index contributed by atoms with van der Waals surface area (Å²) in [5.41, 5.74) is 7.31. The van der Waals surface area contributed by atoms with Crippen molar-refractivity contribution in [1.82, 2.24) is 10.3 Å². The molecule has 0 bridgehead atoms. The third-order valence-corrected chi connectivity index (χ3v) is 2.29. The van der Waals surface area contributed by atoms with Crippen molar-refractivity contribution < 1.29 is 4.79 Å². The van der Waals surface area contributed by atoms with E-state index in [1.165, 1.54) is 0 Å². The van der Waals surface area contributed by atoms with E-state index in [0.29, 0.717) is 25.2 Å². The number of nitrogens with two attached hydrogens (primary N) is 1. The number of pyridine rings is 1. The lowest BCUT2D eigenvalue weighted by molar-refractivity contribution is -0.120. The molecule has 0 aliphatic rings. The van der Waals surface area contributed by atoms with Crippen LogP contribution in [0.15, 0.2) is 18.5 Å². The molecule has 1 aromatic heterocycles. The normalized spacial score (nSPS) is 9.88. The first-order valence-corrected chi connectivity index (χ1v) is 5.32. The van der Waals surface area contributed by atoms with E-state index < -0.39 is 0 Å². The third kappa shape index (κ3) is 3.42. The molecule has 1 amide bonds. The van der Waals surface area contributed by atoms with E-state index in [4.69, 9.17) is 5.73 Å². The predicted octanol–water partition coefficient (Wildman–Crippen LogP) is 0.626. The number of amides is 1. The largest absolute Gasteiger partial charge is 0.396 e. The first-order chi connectivity index (χ1) is 7.65. The van der Waals surface area contributed by atoms with Gasteiger partial charge >= 0.3 is 0 Å². The zero-order chi connectivity index (χ0) is 12.0. The lowest BCUT2D eigenvalue weighted by Crippen LogP contribution is -2.28. The lowest BCUT2D eigenvalue weighted by Gasteiger charge is -2.20. The molecule has 0 aliphatic carbocycles. The lowest BCUT2D eigenvalue weighted by atomic mass is 10.3. The van der Waals surface area contributed by atoms with Crippen LogP contribution in [-0.4, -0.2) is 31.0 Å². The number of anilines is 2. The van der Waals surface area contributed by atoms with Crippen molar-refractivity contribution in [2.45, 2.75) is 13.3 Å². The van der Waals surface area contributed by atoms with Crippen molar-refractivity contribution in [3.63, 3.8) is 0 Å². The van der Waals surface area contributed by atoms with E-state index in [1.54, 1.807) is 12.4 Å². The predicted molar refractivity (Wildman–Crippen MR) is 65.2 cm³/mol. The Balaban J connectivity index is 2.50. The van der Waals surface area contributed by atoms with Crippen LogP contribution in [0.3, 0.4) is 0 Å². The van der Waals surface area contributed by atoms with Crippen LogP contribution < -0.4 is 16.0 Å². The number of hydrogen-bond acceptors (Lipinski definition) is 4. The molecule has 88 valence electrons. The smallest absolute Gasteiger partial charge is 0.221 e. The zero-order valence-electron chi connectivity index (χ0n) is 9.73. The van der Waals surface area contributed by atoms with Crippen LogP contribution in [0, 0.1) is 0 Å². The van der Waals surface area contributed by atoms with Gasteiger partial charge in [-0.25, -0.2) is 0 Å². The van der Waals surface area contributed by atoms with Gasteiger partial charge in [0, 0.05) is 32.8 Å². The van der Waals surface area contributed by atoms with Gasteiger partial charge in [0.15, 0.2) is 0 Å². The Hall–Kier alpha value is -1.78. The maximum atomic E-state index is 11.3. The van der Waals surface area contributed by atoms with Crippen molar-refractivity contribution in [2.75, 3.05) is 30.8 Å². The second-order valence-electron chi connectivity index (χ2n) is 3.56. The van der Waals surface area contributed by atoms with Gasteiger partial charge < -0.3 is 16.0 Å².